The molecule has 0 spiro atoms. The highest BCUT2D eigenvalue weighted by atomic mass is 15.2. The van der Waals surface area contributed by atoms with Crippen molar-refractivity contribution in [1.82, 2.24) is 20.0 Å². The molecule has 0 amide bonds. The Balaban J connectivity index is 1.44. The number of aryl methyl sites for hydroxylation is 1. The third kappa shape index (κ3) is 2.45. The molecule has 2 unspecified atom stereocenters. The Labute approximate surface area is 109 Å². The molecule has 0 aromatic carbocycles. The van der Waals surface area contributed by atoms with E-state index in [0.717, 1.165) is 31.1 Å². The largest absolute Gasteiger partial charge is 0.312 e. The molecule has 2 bridgehead atoms. The van der Waals surface area contributed by atoms with Gasteiger partial charge in [0, 0.05) is 37.4 Å². The van der Waals surface area contributed by atoms with Gasteiger partial charge in [-0.3, -0.25) is 4.68 Å². The molecule has 18 heavy (non-hydrogen) atoms. The van der Waals surface area contributed by atoms with E-state index in [2.05, 4.69) is 28.6 Å². The van der Waals surface area contributed by atoms with Crippen molar-refractivity contribution in [3.63, 3.8) is 0 Å². The Morgan fingerprint density at radius 1 is 1.28 bits per heavy atom. The van der Waals surface area contributed by atoms with Crippen LogP contribution in [0.1, 0.15) is 31.2 Å². The molecule has 2 aliphatic rings. The number of nitrogens with zero attached hydrogens (tertiary/aromatic N) is 3. The maximum Gasteiger partial charge on any atom is 0.0534 e. The van der Waals surface area contributed by atoms with Gasteiger partial charge in [0.2, 0.25) is 0 Å². The molecule has 2 aliphatic heterocycles. The zero-order valence-corrected chi connectivity index (χ0v) is 11.5. The maximum atomic E-state index is 4.20. The summed E-state index contributed by atoms with van der Waals surface area (Å²) >= 11 is 0. The van der Waals surface area contributed by atoms with Gasteiger partial charge in [-0.05, 0) is 45.2 Å². The Morgan fingerprint density at radius 3 is 2.61 bits per heavy atom. The van der Waals surface area contributed by atoms with Gasteiger partial charge in [-0.2, -0.15) is 5.10 Å². The molecule has 0 radical (unpaired) electrons. The summed E-state index contributed by atoms with van der Waals surface area (Å²) in [7, 11) is 4.28. The molecule has 1 N–H and O–H groups in total. The zero-order chi connectivity index (χ0) is 12.5. The summed E-state index contributed by atoms with van der Waals surface area (Å²) in [6, 6.07) is 1.71. The van der Waals surface area contributed by atoms with Crippen LogP contribution in [0.5, 0.6) is 0 Å². The molecule has 0 saturated carbocycles. The molecule has 4 heteroatoms. The van der Waals surface area contributed by atoms with E-state index in [-0.39, 0.29) is 0 Å². The van der Waals surface area contributed by atoms with Gasteiger partial charge in [-0.25, -0.2) is 0 Å². The lowest BCUT2D eigenvalue weighted by Crippen LogP contribution is -2.42. The van der Waals surface area contributed by atoms with Crippen LogP contribution in [0.4, 0.5) is 0 Å². The predicted molar refractivity (Wildman–Crippen MR) is 72.2 cm³/mol. The molecule has 2 fully saturated rings. The van der Waals surface area contributed by atoms with E-state index in [1.165, 1.54) is 31.2 Å². The fraction of sp³-hybridized carbons (Fsp3) is 0.786. The van der Waals surface area contributed by atoms with Crippen LogP contribution < -0.4 is 5.32 Å². The van der Waals surface area contributed by atoms with Crippen LogP contribution in [0.15, 0.2) is 12.4 Å². The van der Waals surface area contributed by atoms with Crippen molar-refractivity contribution in [3.05, 3.63) is 18.0 Å². The first kappa shape index (κ1) is 12.2. The fourth-order valence-electron chi connectivity index (χ4n) is 3.67. The van der Waals surface area contributed by atoms with Gasteiger partial charge in [-0.15, -0.1) is 0 Å². The highest BCUT2D eigenvalue weighted by Gasteiger charge is 2.37. The average molecular weight is 248 g/mol. The third-order valence-corrected chi connectivity index (χ3v) is 4.72. The number of fused-ring (bicyclic) bond motifs is 2. The second-order valence-corrected chi connectivity index (χ2v) is 6.04. The highest BCUT2D eigenvalue weighted by molar-refractivity contribution is 5.03. The minimum absolute atomic E-state index is 0.856. The molecular formula is C14H24N4. The second-order valence-electron chi connectivity index (χ2n) is 6.04. The Hall–Kier alpha value is -0.870. The number of nitrogens with one attached hydrogen (secondary N) is 1. The van der Waals surface area contributed by atoms with E-state index in [9.17, 15) is 0 Å². The van der Waals surface area contributed by atoms with Crippen LogP contribution in [0.3, 0.4) is 0 Å². The molecular weight excluding hydrogens is 224 g/mol. The van der Waals surface area contributed by atoms with Crippen molar-refractivity contribution in [2.45, 2.75) is 44.3 Å². The van der Waals surface area contributed by atoms with Gasteiger partial charge >= 0.3 is 0 Å². The highest BCUT2D eigenvalue weighted by Crippen LogP contribution is 2.36. The number of aromatic nitrogens is 2. The predicted octanol–water partition coefficient (Wildman–Crippen LogP) is 1.38. The SMILES string of the molecule is CN1C2CCC1CC(CNCc1cnn(C)c1)C2. The van der Waals surface area contributed by atoms with Gasteiger partial charge in [-0.1, -0.05) is 0 Å². The van der Waals surface area contributed by atoms with E-state index in [0.29, 0.717) is 0 Å². The van der Waals surface area contributed by atoms with E-state index >= 15 is 0 Å². The third-order valence-electron chi connectivity index (χ3n) is 4.72. The van der Waals surface area contributed by atoms with Crippen molar-refractivity contribution in [1.29, 1.82) is 0 Å². The number of piperidine rings is 1. The van der Waals surface area contributed by atoms with Crippen molar-refractivity contribution >= 4 is 0 Å². The van der Waals surface area contributed by atoms with E-state index < -0.39 is 0 Å². The van der Waals surface area contributed by atoms with E-state index in [1.807, 2.05) is 17.9 Å². The van der Waals surface area contributed by atoms with Gasteiger partial charge in [0.1, 0.15) is 0 Å². The molecule has 1 aromatic heterocycles. The quantitative estimate of drug-likeness (QED) is 0.874. The second kappa shape index (κ2) is 5.02. The summed E-state index contributed by atoms with van der Waals surface area (Å²) in [6.07, 6.45) is 9.64. The van der Waals surface area contributed by atoms with Crippen LogP contribution in [0.25, 0.3) is 0 Å². The lowest BCUT2D eigenvalue weighted by atomic mass is 9.91. The molecule has 1 aromatic rings. The first-order valence-electron chi connectivity index (χ1n) is 7.12. The van der Waals surface area contributed by atoms with Crippen molar-refractivity contribution in [3.8, 4) is 0 Å². The average Bonchev–Trinajstić information content (AvgIpc) is 2.82. The smallest absolute Gasteiger partial charge is 0.0534 e. The van der Waals surface area contributed by atoms with Gasteiger partial charge in [0.15, 0.2) is 0 Å². The lowest BCUT2D eigenvalue weighted by molar-refractivity contribution is 0.133. The maximum absolute atomic E-state index is 4.20. The van der Waals surface area contributed by atoms with Gasteiger partial charge < -0.3 is 10.2 Å². The summed E-state index contributed by atoms with van der Waals surface area (Å²) in [6.45, 7) is 2.12. The first-order valence-corrected chi connectivity index (χ1v) is 7.12. The molecule has 3 heterocycles. The molecule has 2 saturated heterocycles. The van der Waals surface area contributed by atoms with Crippen LogP contribution in [-0.2, 0) is 13.6 Å². The van der Waals surface area contributed by atoms with Crippen LogP contribution in [0, 0.1) is 5.92 Å². The van der Waals surface area contributed by atoms with E-state index in [1.54, 1.807) is 0 Å². The topological polar surface area (TPSA) is 33.1 Å². The number of hydrogen-bond donors (Lipinski definition) is 1. The molecule has 2 atom stereocenters. The fourth-order valence-corrected chi connectivity index (χ4v) is 3.67. The summed E-state index contributed by atoms with van der Waals surface area (Å²) in [5.41, 5.74) is 1.29. The molecule has 3 rings (SSSR count). The summed E-state index contributed by atoms with van der Waals surface area (Å²) < 4.78 is 1.87. The Kier molecular flexibility index (Phi) is 3.39. The summed E-state index contributed by atoms with van der Waals surface area (Å²) in [5.74, 6) is 0.871. The molecule has 100 valence electrons. The minimum Gasteiger partial charge on any atom is -0.312 e. The Morgan fingerprint density at radius 2 is 2.00 bits per heavy atom. The lowest BCUT2D eigenvalue weighted by Gasteiger charge is -2.36. The van der Waals surface area contributed by atoms with Gasteiger partial charge in [0.05, 0.1) is 6.20 Å². The van der Waals surface area contributed by atoms with Crippen molar-refractivity contribution in [2.75, 3.05) is 13.6 Å². The minimum atomic E-state index is 0.856. The normalized spacial score (nSPS) is 32.0. The Bertz CT molecular complexity index is 386. The molecule has 0 aliphatic carbocycles. The monoisotopic (exact) mass is 248 g/mol. The van der Waals surface area contributed by atoms with Crippen LogP contribution in [0.2, 0.25) is 0 Å². The van der Waals surface area contributed by atoms with Gasteiger partial charge in [0.25, 0.3) is 0 Å². The van der Waals surface area contributed by atoms with Crippen LogP contribution >= 0.6 is 0 Å². The summed E-state index contributed by atoms with van der Waals surface area (Å²) in [4.78, 5) is 2.61. The standard InChI is InChI=1S/C14H24N4/c1-17-10-12(9-16-17)8-15-7-11-5-13-3-4-14(6-11)18(13)2/h9-11,13-15H,3-8H2,1-2H3. The van der Waals surface area contributed by atoms with E-state index in [4.69, 9.17) is 0 Å². The zero-order valence-electron chi connectivity index (χ0n) is 11.5. The number of hydrogen-bond acceptors (Lipinski definition) is 3. The molecule has 4 nitrogen and oxygen atoms in total. The summed E-state index contributed by atoms with van der Waals surface area (Å²) in [5, 5.41) is 7.79. The van der Waals surface area contributed by atoms with Crippen molar-refractivity contribution < 1.29 is 0 Å². The van der Waals surface area contributed by atoms with Crippen LogP contribution in [-0.4, -0.2) is 40.4 Å². The number of rotatable bonds is 4. The van der Waals surface area contributed by atoms with Crippen molar-refractivity contribution in [2.24, 2.45) is 13.0 Å². The first-order chi connectivity index (χ1) is 8.72.